The second-order valence-corrected chi connectivity index (χ2v) is 8.42. The van der Waals surface area contributed by atoms with Gasteiger partial charge < -0.3 is 16.0 Å². The monoisotopic (exact) mass is 434 g/mol. The molecule has 8 nitrogen and oxygen atoms in total. The Morgan fingerprint density at radius 2 is 1.89 bits per heavy atom. The van der Waals surface area contributed by atoms with E-state index >= 15 is 0 Å². The lowest BCUT2D eigenvalue weighted by Gasteiger charge is -2.36. The van der Waals surface area contributed by atoms with Gasteiger partial charge in [0.1, 0.15) is 11.3 Å². The molecule has 0 bridgehead atoms. The number of para-hydroxylation sites is 1. The summed E-state index contributed by atoms with van der Waals surface area (Å²) in [6, 6.07) is 7.79. The highest BCUT2D eigenvalue weighted by atomic mass is 35.5. The number of pyridine rings is 1. The zero-order chi connectivity index (χ0) is 17.6. The quantitative estimate of drug-likeness (QED) is 0.496. The van der Waals surface area contributed by atoms with E-state index in [0.29, 0.717) is 43.3 Å². The van der Waals surface area contributed by atoms with Crippen LogP contribution in [0.25, 0.3) is 21.9 Å². The number of fused-ring (bicyclic) bond motifs is 3. The van der Waals surface area contributed by atoms with E-state index < -0.39 is 10.8 Å². The molecule has 0 radical (unpaired) electrons. The van der Waals surface area contributed by atoms with Gasteiger partial charge in [-0.2, -0.15) is 4.31 Å². The van der Waals surface area contributed by atoms with Gasteiger partial charge in [0.15, 0.2) is 5.82 Å². The minimum Gasteiger partial charge on any atom is -0.382 e. The minimum absolute atomic E-state index is 0. The van der Waals surface area contributed by atoms with Crippen LogP contribution in [0.1, 0.15) is 12.2 Å². The number of halogens is 2. The standard InChI is InChI=1S/C16H22N6O2S.2ClH/c17-6-8-22-13(10-21-7-3-9-25(21,23)24)20-14-15(22)11-4-1-2-5-12(11)19-16(14)18;;/h1-2,4-5,23-24H,3,6-10,17H2,(H2,18,19);2*1H. The highest BCUT2D eigenvalue weighted by Crippen LogP contribution is 2.49. The Bertz CT molecular complexity index is 951. The van der Waals surface area contributed by atoms with E-state index in [0.717, 1.165) is 28.7 Å². The third-order valence-corrected chi connectivity index (χ3v) is 6.57. The van der Waals surface area contributed by atoms with E-state index in [9.17, 15) is 9.11 Å². The maximum Gasteiger partial charge on any atom is 0.152 e. The van der Waals surface area contributed by atoms with Crippen molar-refractivity contribution in [3.05, 3.63) is 30.1 Å². The summed E-state index contributed by atoms with van der Waals surface area (Å²) in [6.45, 7) is 2.02. The van der Waals surface area contributed by atoms with Gasteiger partial charge in [-0.25, -0.2) is 9.97 Å². The van der Waals surface area contributed by atoms with Crippen molar-refractivity contribution in [1.82, 2.24) is 18.8 Å². The van der Waals surface area contributed by atoms with Crippen LogP contribution >= 0.6 is 35.6 Å². The van der Waals surface area contributed by atoms with Crippen molar-refractivity contribution >= 4 is 63.3 Å². The molecule has 3 aromatic rings. The molecule has 1 aliphatic heterocycles. The molecule has 0 unspecified atom stereocenters. The van der Waals surface area contributed by atoms with E-state index in [1.54, 1.807) is 4.31 Å². The van der Waals surface area contributed by atoms with Crippen molar-refractivity contribution in [3.8, 4) is 0 Å². The molecule has 4 rings (SSSR count). The molecule has 27 heavy (non-hydrogen) atoms. The summed E-state index contributed by atoms with van der Waals surface area (Å²) < 4.78 is 24.1. The second kappa shape index (κ2) is 8.36. The lowest BCUT2D eigenvalue weighted by Crippen LogP contribution is -2.25. The van der Waals surface area contributed by atoms with E-state index in [-0.39, 0.29) is 24.8 Å². The van der Waals surface area contributed by atoms with Gasteiger partial charge in [-0.15, -0.1) is 35.6 Å². The van der Waals surface area contributed by atoms with Gasteiger partial charge in [-0.1, -0.05) is 18.2 Å². The predicted molar refractivity (Wildman–Crippen MR) is 116 cm³/mol. The third-order valence-electron chi connectivity index (χ3n) is 4.60. The van der Waals surface area contributed by atoms with Crippen LogP contribution in [0.2, 0.25) is 0 Å². The van der Waals surface area contributed by atoms with Gasteiger partial charge in [-0.05, 0) is 12.5 Å². The topological polar surface area (TPSA) is 126 Å². The normalized spacial score (nSPS) is 17.6. The molecule has 2 aromatic heterocycles. The number of nitrogens with zero attached hydrogens (tertiary/aromatic N) is 4. The molecule has 0 atom stereocenters. The van der Waals surface area contributed by atoms with E-state index in [4.69, 9.17) is 11.5 Å². The average molecular weight is 435 g/mol. The average Bonchev–Trinajstić information content (AvgIpc) is 3.10. The first-order valence-corrected chi connectivity index (χ1v) is 9.93. The minimum atomic E-state index is -2.71. The van der Waals surface area contributed by atoms with Crippen molar-refractivity contribution in [3.63, 3.8) is 0 Å². The molecule has 11 heteroatoms. The van der Waals surface area contributed by atoms with Gasteiger partial charge >= 0.3 is 0 Å². The lowest BCUT2D eigenvalue weighted by molar-refractivity contribution is 0.364. The number of nitrogen functional groups attached to an aromatic ring is 1. The van der Waals surface area contributed by atoms with Crippen LogP contribution in [0.3, 0.4) is 0 Å². The SMILES string of the molecule is Cl.Cl.NCCn1c(CN2CCCS2(O)O)nc2c(N)nc3ccccc3c21. The zero-order valence-electron chi connectivity index (χ0n) is 14.6. The van der Waals surface area contributed by atoms with E-state index in [1.807, 2.05) is 28.8 Å². The van der Waals surface area contributed by atoms with Crippen LogP contribution in [0.5, 0.6) is 0 Å². The Labute approximate surface area is 171 Å². The first-order chi connectivity index (χ1) is 12.0. The number of hydrogen-bond acceptors (Lipinski definition) is 7. The van der Waals surface area contributed by atoms with E-state index in [2.05, 4.69) is 9.97 Å². The van der Waals surface area contributed by atoms with Crippen LogP contribution < -0.4 is 11.5 Å². The molecule has 1 aromatic carbocycles. The molecule has 1 saturated heterocycles. The van der Waals surface area contributed by atoms with Crippen LogP contribution in [0.4, 0.5) is 5.82 Å². The van der Waals surface area contributed by atoms with Crippen molar-refractivity contribution in [2.24, 2.45) is 5.73 Å². The van der Waals surface area contributed by atoms with Crippen LogP contribution in [-0.2, 0) is 13.1 Å². The van der Waals surface area contributed by atoms with Crippen molar-refractivity contribution < 1.29 is 9.11 Å². The number of benzene rings is 1. The van der Waals surface area contributed by atoms with Gasteiger partial charge in [0, 0.05) is 25.0 Å². The van der Waals surface area contributed by atoms with Gasteiger partial charge in [0.25, 0.3) is 0 Å². The van der Waals surface area contributed by atoms with Crippen LogP contribution in [-0.4, -0.2) is 46.8 Å². The van der Waals surface area contributed by atoms with Crippen LogP contribution in [0.15, 0.2) is 24.3 Å². The van der Waals surface area contributed by atoms with Crippen molar-refractivity contribution in [2.45, 2.75) is 19.5 Å². The Hall–Kier alpha value is -1.33. The van der Waals surface area contributed by atoms with Crippen molar-refractivity contribution in [1.29, 1.82) is 0 Å². The maximum absolute atomic E-state index is 10.2. The number of imidazole rings is 1. The summed E-state index contributed by atoms with van der Waals surface area (Å²) in [5, 5.41) is 0.965. The Balaban J connectivity index is 0.00000131. The molecule has 0 saturated carbocycles. The Kier molecular flexibility index (Phi) is 6.80. The van der Waals surface area contributed by atoms with Crippen LogP contribution in [0, 0.1) is 0 Å². The number of nitrogens with two attached hydrogens (primary N) is 2. The third kappa shape index (κ3) is 3.81. The fourth-order valence-corrected chi connectivity index (χ4v) is 4.96. The summed E-state index contributed by atoms with van der Waals surface area (Å²) in [5.41, 5.74) is 14.3. The van der Waals surface area contributed by atoms with Crippen molar-refractivity contribution in [2.75, 3.05) is 24.6 Å². The summed E-state index contributed by atoms with van der Waals surface area (Å²) in [6.07, 6.45) is 0.770. The lowest BCUT2D eigenvalue weighted by atomic mass is 10.2. The first-order valence-electron chi connectivity index (χ1n) is 8.25. The number of aromatic nitrogens is 3. The second-order valence-electron chi connectivity index (χ2n) is 6.23. The largest absolute Gasteiger partial charge is 0.382 e. The van der Waals surface area contributed by atoms with Gasteiger partial charge in [-0.3, -0.25) is 9.11 Å². The number of rotatable bonds is 4. The van der Waals surface area contributed by atoms with E-state index in [1.165, 1.54) is 0 Å². The zero-order valence-corrected chi connectivity index (χ0v) is 17.1. The predicted octanol–water partition coefficient (Wildman–Crippen LogP) is 2.84. The Morgan fingerprint density at radius 3 is 2.56 bits per heavy atom. The molecule has 1 fully saturated rings. The molecule has 0 spiro atoms. The highest BCUT2D eigenvalue weighted by Gasteiger charge is 2.30. The maximum atomic E-state index is 10.2. The molecule has 0 aliphatic carbocycles. The summed E-state index contributed by atoms with van der Waals surface area (Å²) >= 11 is 0. The Morgan fingerprint density at radius 1 is 1.15 bits per heavy atom. The molecular weight excluding hydrogens is 411 g/mol. The fourth-order valence-electron chi connectivity index (χ4n) is 3.45. The van der Waals surface area contributed by atoms with Gasteiger partial charge in [0.2, 0.25) is 0 Å². The number of hydrogen-bond donors (Lipinski definition) is 4. The molecule has 6 N–H and O–H groups in total. The molecule has 1 aliphatic rings. The molecule has 3 heterocycles. The summed E-state index contributed by atoms with van der Waals surface area (Å²) in [5.74, 6) is 1.52. The molecular formula is C16H24Cl2N6O2S. The smallest absolute Gasteiger partial charge is 0.152 e. The number of anilines is 1. The first kappa shape index (κ1) is 22.0. The summed E-state index contributed by atoms with van der Waals surface area (Å²) in [7, 11) is -2.71. The fraction of sp³-hybridized carbons (Fsp3) is 0.375. The molecule has 150 valence electrons. The van der Waals surface area contributed by atoms with Gasteiger partial charge in [0.05, 0.1) is 23.3 Å². The highest BCUT2D eigenvalue weighted by molar-refractivity contribution is 8.22. The molecule has 0 amide bonds. The summed E-state index contributed by atoms with van der Waals surface area (Å²) in [4.78, 5) is 9.12.